The minimum atomic E-state index is 0.705. The van der Waals surface area contributed by atoms with E-state index >= 15 is 0 Å². The van der Waals surface area contributed by atoms with Crippen LogP contribution in [0, 0.1) is 13.8 Å². The highest BCUT2D eigenvalue weighted by Gasteiger charge is 2.04. The van der Waals surface area contributed by atoms with Crippen molar-refractivity contribution in [2.75, 3.05) is 6.54 Å². The van der Waals surface area contributed by atoms with Gasteiger partial charge >= 0.3 is 0 Å². The molecule has 0 unspecified atom stereocenters. The molecule has 0 saturated carbocycles. The van der Waals surface area contributed by atoms with Crippen molar-refractivity contribution in [2.24, 2.45) is 5.73 Å². The number of benzene rings is 1. The molecule has 0 aliphatic carbocycles. The largest absolute Gasteiger partial charge is 0.330 e. The van der Waals surface area contributed by atoms with Gasteiger partial charge < -0.3 is 10.3 Å². The molecule has 84 valence electrons. The number of nitrogens with zero attached hydrogens (tertiary/aromatic N) is 1. The SMILES string of the molecule is Cc1cccc(C)c1-n1ccc(CCN)c1. The molecular formula is C14H18N2. The Labute approximate surface area is 96.7 Å². The van der Waals surface area contributed by atoms with E-state index in [4.69, 9.17) is 5.73 Å². The Morgan fingerprint density at radius 1 is 1.12 bits per heavy atom. The van der Waals surface area contributed by atoms with E-state index in [0.29, 0.717) is 6.54 Å². The van der Waals surface area contributed by atoms with Crippen molar-refractivity contribution in [2.45, 2.75) is 20.3 Å². The van der Waals surface area contributed by atoms with Crippen LogP contribution in [0.5, 0.6) is 0 Å². The quantitative estimate of drug-likeness (QED) is 0.836. The van der Waals surface area contributed by atoms with Crippen molar-refractivity contribution >= 4 is 0 Å². The topological polar surface area (TPSA) is 30.9 Å². The first kappa shape index (κ1) is 11.0. The fourth-order valence-corrected chi connectivity index (χ4v) is 2.11. The van der Waals surface area contributed by atoms with Crippen molar-refractivity contribution in [3.05, 3.63) is 53.3 Å². The maximum absolute atomic E-state index is 5.56. The molecule has 1 aromatic carbocycles. The van der Waals surface area contributed by atoms with Crippen molar-refractivity contribution < 1.29 is 0 Å². The molecule has 2 rings (SSSR count). The summed E-state index contributed by atoms with van der Waals surface area (Å²) >= 11 is 0. The molecule has 1 aromatic heterocycles. The Kier molecular flexibility index (Phi) is 3.11. The van der Waals surface area contributed by atoms with Crippen LogP contribution >= 0.6 is 0 Å². The Morgan fingerprint density at radius 3 is 2.44 bits per heavy atom. The summed E-state index contributed by atoms with van der Waals surface area (Å²) in [4.78, 5) is 0. The molecule has 2 heteroatoms. The lowest BCUT2D eigenvalue weighted by molar-refractivity contribution is 0.958. The molecule has 0 bridgehead atoms. The third-order valence-electron chi connectivity index (χ3n) is 2.88. The Bertz CT molecular complexity index is 463. The molecule has 0 aliphatic rings. The van der Waals surface area contributed by atoms with E-state index in [1.165, 1.54) is 22.4 Å². The first-order chi connectivity index (χ1) is 7.72. The van der Waals surface area contributed by atoms with Crippen LogP contribution in [0.15, 0.2) is 36.7 Å². The third kappa shape index (κ3) is 2.02. The molecule has 1 heterocycles. The fraction of sp³-hybridized carbons (Fsp3) is 0.286. The summed E-state index contributed by atoms with van der Waals surface area (Å²) in [5.41, 5.74) is 10.7. The smallest absolute Gasteiger partial charge is 0.0507 e. The number of aromatic nitrogens is 1. The van der Waals surface area contributed by atoms with Gasteiger partial charge in [-0.2, -0.15) is 0 Å². The molecule has 0 fully saturated rings. The van der Waals surface area contributed by atoms with Crippen molar-refractivity contribution in [3.8, 4) is 5.69 Å². The third-order valence-corrected chi connectivity index (χ3v) is 2.88. The van der Waals surface area contributed by atoms with Gasteiger partial charge in [0.2, 0.25) is 0 Å². The molecule has 16 heavy (non-hydrogen) atoms. The molecule has 0 aliphatic heterocycles. The second-order valence-corrected chi connectivity index (χ2v) is 4.21. The number of rotatable bonds is 3. The molecule has 2 aromatic rings. The normalized spacial score (nSPS) is 10.7. The summed E-state index contributed by atoms with van der Waals surface area (Å²) in [6, 6.07) is 8.52. The van der Waals surface area contributed by atoms with E-state index < -0.39 is 0 Å². The highest BCUT2D eigenvalue weighted by atomic mass is 14.9. The van der Waals surface area contributed by atoms with Crippen LogP contribution in [-0.4, -0.2) is 11.1 Å². The lowest BCUT2D eigenvalue weighted by atomic mass is 10.1. The number of para-hydroxylation sites is 1. The molecule has 2 nitrogen and oxygen atoms in total. The van der Waals surface area contributed by atoms with Gasteiger partial charge in [-0.25, -0.2) is 0 Å². The van der Waals surface area contributed by atoms with E-state index in [-0.39, 0.29) is 0 Å². The molecular weight excluding hydrogens is 196 g/mol. The van der Waals surface area contributed by atoms with Crippen molar-refractivity contribution in [3.63, 3.8) is 0 Å². The molecule has 0 spiro atoms. The number of nitrogens with two attached hydrogens (primary N) is 1. The van der Waals surface area contributed by atoms with E-state index in [1.807, 2.05) is 0 Å². The maximum Gasteiger partial charge on any atom is 0.0507 e. The van der Waals surface area contributed by atoms with Crippen LogP contribution < -0.4 is 5.73 Å². The summed E-state index contributed by atoms with van der Waals surface area (Å²) < 4.78 is 2.19. The predicted molar refractivity (Wildman–Crippen MR) is 68.0 cm³/mol. The highest BCUT2D eigenvalue weighted by molar-refractivity contribution is 5.47. The summed E-state index contributed by atoms with van der Waals surface area (Å²) in [7, 11) is 0. The molecule has 0 saturated heterocycles. The fourth-order valence-electron chi connectivity index (χ4n) is 2.11. The van der Waals surface area contributed by atoms with E-state index in [9.17, 15) is 0 Å². The zero-order valence-corrected chi connectivity index (χ0v) is 9.90. The van der Waals surface area contributed by atoms with Gasteiger partial charge in [0.25, 0.3) is 0 Å². The van der Waals surface area contributed by atoms with Gasteiger partial charge in [0.05, 0.1) is 5.69 Å². The minimum Gasteiger partial charge on any atom is -0.330 e. The van der Waals surface area contributed by atoms with Gasteiger partial charge in [-0.1, -0.05) is 18.2 Å². The molecule has 2 N–H and O–H groups in total. The maximum atomic E-state index is 5.56. The average Bonchev–Trinajstić information content (AvgIpc) is 2.67. The van der Waals surface area contributed by atoms with Crippen molar-refractivity contribution in [1.82, 2.24) is 4.57 Å². The number of hydrogen-bond acceptors (Lipinski definition) is 1. The molecule has 0 radical (unpaired) electrons. The Balaban J connectivity index is 2.42. The van der Waals surface area contributed by atoms with Gasteiger partial charge in [0.1, 0.15) is 0 Å². The van der Waals surface area contributed by atoms with Crippen LogP contribution in [0.2, 0.25) is 0 Å². The second-order valence-electron chi connectivity index (χ2n) is 4.21. The second kappa shape index (κ2) is 4.54. The van der Waals surface area contributed by atoms with E-state index in [0.717, 1.165) is 6.42 Å². The minimum absolute atomic E-state index is 0.705. The zero-order chi connectivity index (χ0) is 11.5. The predicted octanol–water partition coefficient (Wildman–Crippen LogP) is 2.60. The monoisotopic (exact) mass is 214 g/mol. The Morgan fingerprint density at radius 2 is 1.81 bits per heavy atom. The number of hydrogen-bond donors (Lipinski definition) is 1. The average molecular weight is 214 g/mol. The van der Waals surface area contributed by atoms with Gasteiger partial charge in [-0.15, -0.1) is 0 Å². The van der Waals surface area contributed by atoms with Crippen LogP contribution in [-0.2, 0) is 6.42 Å². The molecule has 0 amide bonds. The lowest BCUT2D eigenvalue weighted by Crippen LogP contribution is -2.02. The van der Waals surface area contributed by atoms with E-state index in [1.54, 1.807) is 0 Å². The summed E-state index contributed by atoms with van der Waals surface area (Å²) in [6.07, 6.45) is 5.22. The van der Waals surface area contributed by atoms with Crippen LogP contribution in [0.4, 0.5) is 0 Å². The number of aryl methyl sites for hydroxylation is 2. The molecule has 0 atom stereocenters. The highest BCUT2D eigenvalue weighted by Crippen LogP contribution is 2.19. The van der Waals surface area contributed by atoms with Gasteiger partial charge in [0.15, 0.2) is 0 Å². The standard InChI is InChI=1S/C14H18N2/c1-11-4-3-5-12(2)14(11)16-9-7-13(10-16)6-8-15/h3-5,7,9-10H,6,8,15H2,1-2H3. The van der Waals surface area contributed by atoms with Gasteiger partial charge in [0, 0.05) is 12.4 Å². The summed E-state index contributed by atoms with van der Waals surface area (Å²) in [6.45, 7) is 4.99. The summed E-state index contributed by atoms with van der Waals surface area (Å²) in [5.74, 6) is 0. The van der Waals surface area contributed by atoms with Crippen molar-refractivity contribution in [1.29, 1.82) is 0 Å². The van der Waals surface area contributed by atoms with Crippen LogP contribution in [0.25, 0.3) is 5.69 Å². The Hall–Kier alpha value is -1.54. The van der Waals surface area contributed by atoms with Gasteiger partial charge in [-0.3, -0.25) is 0 Å². The first-order valence-corrected chi connectivity index (χ1v) is 5.66. The van der Waals surface area contributed by atoms with Gasteiger partial charge in [-0.05, 0) is 49.6 Å². The lowest BCUT2D eigenvalue weighted by Gasteiger charge is -2.10. The zero-order valence-electron chi connectivity index (χ0n) is 9.90. The first-order valence-electron chi connectivity index (χ1n) is 5.66. The van der Waals surface area contributed by atoms with Crippen LogP contribution in [0.1, 0.15) is 16.7 Å². The van der Waals surface area contributed by atoms with E-state index in [2.05, 4.69) is 55.1 Å². The summed E-state index contributed by atoms with van der Waals surface area (Å²) in [5, 5.41) is 0. The van der Waals surface area contributed by atoms with Crippen LogP contribution in [0.3, 0.4) is 0 Å².